The molecule has 0 unspecified atom stereocenters. The molecule has 1 aromatic carbocycles. The lowest BCUT2D eigenvalue weighted by Crippen LogP contribution is -2.14. The highest BCUT2D eigenvalue weighted by Gasteiger charge is 2.16. The Labute approximate surface area is 129 Å². The van der Waals surface area contributed by atoms with Gasteiger partial charge in [-0.2, -0.15) is 0 Å². The average Bonchev–Trinajstić information content (AvgIpc) is 2.75. The molecule has 1 aromatic heterocycles. The van der Waals surface area contributed by atoms with Crippen LogP contribution in [0.4, 0.5) is 0 Å². The second kappa shape index (κ2) is 6.33. The van der Waals surface area contributed by atoms with E-state index >= 15 is 0 Å². The molecule has 20 heavy (non-hydrogen) atoms. The molecule has 2 aromatic rings. The van der Waals surface area contributed by atoms with Gasteiger partial charge in [-0.25, -0.2) is 4.79 Å². The molecule has 0 atom stereocenters. The van der Waals surface area contributed by atoms with Crippen molar-refractivity contribution < 1.29 is 14.3 Å². The second-order valence-corrected chi connectivity index (χ2v) is 6.62. The van der Waals surface area contributed by atoms with Crippen LogP contribution < -0.4 is 0 Å². The number of hydrogen-bond acceptors (Lipinski definition) is 4. The zero-order valence-electron chi connectivity index (χ0n) is 11.1. The molecule has 1 heterocycles. The maximum atomic E-state index is 12.0. The van der Waals surface area contributed by atoms with Gasteiger partial charge in [0.15, 0.2) is 6.61 Å². The minimum atomic E-state index is -0.504. The second-order valence-electron chi connectivity index (χ2n) is 4.31. The first kappa shape index (κ1) is 14.9. The van der Waals surface area contributed by atoms with Gasteiger partial charge in [-0.3, -0.25) is 4.79 Å². The minimum absolute atomic E-state index is 0.174. The lowest BCUT2D eigenvalue weighted by Gasteiger charge is -2.05. The summed E-state index contributed by atoms with van der Waals surface area (Å²) in [6.07, 6.45) is 0. The van der Waals surface area contributed by atoms with Crippen molar-refractivity contribution in [3.8, 4) is 0 Å². The first-order valence-electron chi connectivity index (χ1n) is 6.01. The van der Waals surface area contributed by atoms with Crippen molar-refractivity contribution in [2.24, 2.45) is 0 Å². The molecule has 0 fully saturated rings. The van der Waals surface area contributed by atoms with Gasteiger partial charge in [-0.05, 0) is 48.0 Å². The van der Waals surface area contributed by atoms with E-state index in [-0.39, 0.29) is 12.4 Å². The van der Waals surface area contributed by atoms with Gasteiger partial charge in [0.2, 0.25) is 5.78 Å². The van der Waals surface area contributed by atoms with Crippen LogP contribution in [0.15, 0.2) is 34.8 Å². The van der Waals surface area contributed by atoms with Gasteiger partial charge in [-0.1, -0.05) is 12.1 Å². The Balaban J connectivity index is 2.02. The normalized spacial score (nSPS) is 10.3. The summed E-state index contributed by atoms with van der Waals surface area (Å²) >= 11 is 4.84. The van der Waals surface area contributed by atoms with Crippen molar-refractivity contribution in [3.05, 3.63) is 55.7 Å². The van der Waals surface area contributed by atoms with Crippen molar-refractivity contribution >= 4 is 39.0 Å². The van der Waals surface area contributed by atoms with E-state index in [0.29, 0.717) is 15.6 Å². The lowest BCUT2D eigenvalue weighted by molar-refractivity contribution is 0.0474. The van der Waals surface area contributed by atoms with E-state index in [4.69, 9.17) is 4.74 Å². The molecule has 0 N–H and O–H groups in total. The lowest BCUT2D eigenvalue weighted by atomic mass is 10.2. The van der Waals surface area contributed by atoms with Gasteiger partial charge >= 0.3 is 5.97 Å². The topological polar surface area (TPSA) is 43.4 Å². The number of esters is 1. The summed E-state index contributed by atoms with van der Waals surface area (Å²) in [5.41, 5.74) is 1.05. The highest BCUT2D eigenvalue weighted by Crippen LogP contribution is 2.21. The Bertz CT molecular complexity index is 661. The number of thiophene rings is 1. The minimum Gasteiger partial charge on any atom is -0.454 e. The first-order valence-corrected chi connectivity index (χ1v) is 7.62. The number of aryl methyl sites for hydroxylation is 2. The predicted molar refractivity (Wildman–Crippen MR) is 82.5 cm³/mol. The first-order chi connectivity index (χ1) is 9.49. The number of rotatable bonds is 4. The number of benzene rings is 1. The number of Topliss-reactive ketones (excluding diaryl/α,β-unsaturated/α-hetero) is 1. The number of halogens is 1. The van der Waals surface area contributed by atoms with Crippen LogP contribution in [0.2, 0.25) is 0 Å². The summed E-state index contributed by atoms with van der Waals surface area (Å²) in [5, 5.41) is 0. The standard InChI is InChI=1S/C15H13BrO3S/c1-9-7-12(10(2)20-9)14(17)8-19-15(18)11-5-3-4-6-13(11)16/h3-7H,8H2,1-2H3. The van der Waals surface area contributed by atoms with Crippen LogP contribution in [0.5, 0.6) is 0 Å². The van der Waals surface area contributed by atoms with Gasteiger partial charge in [0.1, 0.15) is 0 Å². The molecule has 0 aliphatic heterocycles. The molecule has 0 saturated carbocycles. The number of carbonyl (C=O) groups is 2. The van der Waals surface area contributed by atoms with E-state index in [9.17, 15) is 9.59 Å². The van der Waals surface area contributed by atoms with Gasteiger partial charge in [-0.15, -0.1) is 11.3 Å². The highest BCUT2D eigenvalue weighted by molar-refractivity contribution is 9.10. The van der Waals surface area contributed by atoms with Crippen LogP contribution >= 0.6 is 27.3 Å². The van der Waals surface area contributed by atoms with E-state index in [0.717, 1.165) is 9.75 Å². The van der Waals surface area contributed by atoms with E-state index < -0.39 is 5.97 Å². The fourth-order valence-electron chi connectivity index (χ4n) is 1.82. The third-order valence-electron chi connectivity index (χ3n) is 2.77. The molecule has 0 saturated heterocycles. The number of ketones is 1. The summed E-state index contributed by atoms with van der Waals surface area (Å²) in [6.45, 7) is 3.60. The zero-order valence-corrected chi connectivity index (χ0v) is 13.5. The zero-order chi connectivity index (χ0) is 14.7. The Morgan fingerprint density at radius 3 is 2.50 bits per heavy atom. The monoisotopic (exact) mass is 352 g/mol. The van der Waals surface area contributed by atoms with Crippen LogP contribution in [0.3, 0.4) is 0 Å². The van der Waals surface area contributed by atoms with Crippen LogP contribution in [0.1, 0.15) is 30.5 Å². The Kier molecular flexibility index (Phi) is 4.73. The van der Waals surface area contributed by atoms with E-state index in [1.165, 1.54) is 0 Å². The van der Waals surface area contributed by atoms with E-state index in [1.54, 1.807) is 29.5 Å². The predicted octanol–water partition coefficient (Wildman–Crippen LogP) is 4.17. The van der Waals surface area contributed by atoms with Crippen LogP contribution in [-0.4, -0.2) is 18.4 Å². The van der Waals surface area contributed by atoms with Crippen LogP contribution in [-0.2, 0) is 4.74 Å². The maximum Gasteiger partial charge on any atom is 0.339 e. The number of ether oxygens (including phenoxy) is 1. The SMILES string of the molecule is Cc1cc(C(=O)COC(=O)c2ccccc2Br)c(C)s1. The summed E-state index contributed by atoms with van der Waals surface area (Å²) in [5.74, 6) is -0.678. The van der Waals surface area contributed by atoms with Crippen molar-refractivity contribution in [1.29, 1.82) is 0 Å². The molecular weight excluding hydrogens is 340 g/mol. The molecule has 0 bridgehead atoms. The third-order valence-corrected chi connectivity index (χ3v) is 4.43. The molecule has 0 aliphatic rings. The van der Waals surface area contributed by atoms with E-state index in [2.05, 4.69) is 15.9 Å². The van der Waals surface area contributed by atoms with Crippen molar-refractivity contribution in [1.82, 2.24) is 0 Å². The fourth-order valence-corrected chi connectivity index (χ4v) is 3.21. The van der Waals surface area contributed by atoms with Gasteiger partial charge in [0.25, 0.3) is 0 Å². The fraction of sp³-hybridized carbons (Fsp3) is 0.200. The summed E-state index contributed by atoms with van der Waals surface area (Å²) in [6, 6.07) is 8.79. The summed E-state index contributed by atoms with van der Waals surface area (Å²) < 4.78 is 5.73. The molecule has 0 radical (unpaired) electrons. The molecule has 0 aliphatic carbocycles. The molecule has 0 spiro atoms. The van der Waals surface area contributed by atoms with Crippen molar-refractivity contribution in [3.63, 3.8) is 0 Å². The Morgan fingerprint density at radius 2 is 1.90 bits per heavy atom. The highest BCUT2D eigenvalue weighted by atomic mass is 79.9. The van der Waals surface area contributed by atoms with Crippen molar-refractivity contribution in [2.75, 3.05) is 6.61 Å². The molecule has 2 rings (SSSR count). The Hall–Kier alpha value is -1.46. The molecule has 0 amide bonds. The summed E-state index contributed by atoms with van der Waals surface area (Å²) in [7, 11) is 0. The maximum absolute atomic E-state index is 12.0. The van der Waals surface area contributed by atoms with Crippen molar-refractivity contribution in [2.45, 2.75) is 13.8 Å². The summed E-state index contributed by atoms with van der Waals surface area (Å²) in [4.78, 5) is 25.9. The smallest absolute Gasteiger partial charge is 0.339 e. The largest absolute Gasteiger partial charge is 0.454 e. The van der Waals surface area contributed by atoms with Gasteiger partial charge in [0.05, 0.1) is 5.56 Å². The third kappa shape index (κ3) is 3.35. The molecule has 104 valence electrons. The van der Waals surface area contributed by atoms with E-state index in [1.807, 2.05) is 26.0 Å². The van der Waals surface area contributed by atoms with Gasteiger partial charge in [0, 0.05) is 19.8 Å². The molecule has 3 nitrogen and oxygen atoms in total. The van der Waals surface area contributed by atoms with Gasteiger partial charge < -0.3 is 4.74 Å². The van der Waals surface area contributed by atoms with Crippen LogP contribution in [0.25, 0.3) is 0 Å². The quantitative estimate of drug-likeness (QED) is 0.612. The van der Waals surface area contributed by atoms with Crippen LogP contribution in [0, 0.1) is 13.8 Å². The Morgan fingerprint density at radius 1 is 1.20 bits per heavy atom. The number of hydrogen-bond donors (Lipinski definition) is 0. The molecular formula is C15H13BrO3S. The average molecular weight is 353 g/mol. The number of carbonyl (C=O) groups excluding carboxylic acids is 2. The molecule has 5 heteroatoms.